The Hall–Kier alpha value is -2.09. The van der Waals surface area contributed by atoms with Gasteiger partial charge in [-0.15, -0.1) is 0 Å². The van der Waals surface area contributed by atoms with Gasteiger partial charge >= 0.3 is 0 Å². The Morgan fingerprint density at radius 1 is 1.27 bits per heavy atom. The van der Waals surface area contributed by atoms with E-state index in [0.29, 0.717) is 5.92 Å². The average Bonchev–Trinajstić information content (AvgIpc) is 2.87. The lowest BCUT2D eigenvalue weighted by Gasteiger charge is -2.12. The first-order chi connectivity index (χ1) is 10.3. The van der Waals surface area contributed by atoms with Crippen molar-refractivity contribution in [2.75, 3.05) is 23.7 Å². The van der Waals surface area contributed by atoms with Crippen molar-refractivity contribution < 1.29 is 8.42 Å². The van der Waals surface area contributed by atoms with Crippen LogP contribution in [-0.2, 0) is 16.6 Å². The Morgan fingerprint density at radius 3 is 2.55 bits per heavy atom. The summed E-state index contributed by atoms with van der Waals surface area (Å²) in [6.45, 7) is 4.84. The van der Waals surface area contributed by atoms with Gasteiger partial charge < -0.3 is 9.47 Å². The average molecular weight is 323 g/mol. The van der Waals surface area contributed by atoms with Gasteiger partial charge in [-0.05, 0) is 18.1 Å². The minimum Gasteiger partial charge on any atom is -0.376 e. The van der Waals surface area contributed by atoms with Crippen molar-refractivity contribution in [3.05, 3.63) is 30.9 Å². The number of hydrogen-bond acceptors (Lipinski definition) is 5. The van der Waals surface area contributed by atoms with E-state index in [1.807, 2.05) is 19.0 Å². The van der Waals surface area contributed by atoms with Crippen LogP contribution in [0.3, 0.4) is 0 Å². The Labute approximate surface area is 131 Å². The quantitative estimate of drug-likeness (QED) is 0.877. The molecular weight excluding hydrogens is 302 g/mol. The molecule has 0 aliphatic carbocycles. The molecule has 1 N–H and O–H groups in total. The topological polar surface area (TPSA) is 80.1 Å². The molecule has 120 valence electrons. The highest BCUT2D eigenvalue weighted by Gasteiger charge is 2.18. The van der Waals surface area contributed by atoms with E-state index in [4.69, 9.17) is 0 Å². The maximum absolute atomic E-state index is 12.3. The second-order valence-electron chi connectivity index (χ2n) is 5.70. The minimum atomic E-state index is -3.72. The molecule has 0 saturated carbocycles. The Balaban J connectivity index is 2.15. The lowest BCUT2D eigenvalue weighted by atomic mass is 10.2. The maximum Gasteiger partial charge on any atom is 0.282 e. The third kappa shape index (κ3) is 3.97. The standard InChI is InChI=1S/C14H21N5O2S/c1-11(2)8-19-9-14(16-10-19)22(20,21)17-13-6-5-12(7-15-13)18(3)4/h5-7,9-11H,8H2,1-4H3,(H,15,17). The molecule has 0 aliphatic heterocycles. The highest BCUT2D eigenvalue weighted by molar-refractivity contribution is 7.92. The Bertz CT molecular complexity index is 720. The summed E-state index contributed by atoms with van der Waals surface area (Å²) < 4.78 is 28.8. The zero-order valence-electron chi connectivity index (χ0n) is 13.2. The number of aromatic nitrogens is 3. The van der Waals surface area contributed by atoms with E-state index in [1.54, 1.807) is 22.9 Å². The first kappa shape index (κ1) is 16.3. The van der Waals surface area contributed by atoms with Crippen molar-refractivity contribution in [1.29, 1.82) is 0 Å². The first-order valence-corrected chi connectivity index (χ1v) is 8.44. The van der Waals surface area contributed by atoms with Gasteiger partial charge in [-0.2, -0.15) is 8.42 Å². The van der Waals surface area contributed by atoms with Crippen LogP contribution >= 0.6 is 0 Å². The fourth-order valence-electron chi connectivity index (χ4n) is 1.90. The second kappa shape index (κ2) is 6.35. The zero-order valence-corrected chi connectivity index (χ0v) is 14.0. The van der Waals surface area contributed by atoms with Gasteiger partial charge in [0.25, 0.3) is 10.0 Å². The molecule has 0 aliphatic rings. The molecule has 2 rings (SSSR count). The van der Waals surface area contributed by atoms with Gasteiger partial charge in [0.15, 0.2) is 5.03 Å². The van der Waals surface area contributed by atoms with Crippen molar-refractivity contribution in [2.24, 2.45) is 5.92 Å². The number of imidazole rings is 1. The molecule has 0 unspecified atom stereocenters. The number of pyridine rings is 1. The third-order valence-corrected chi connectivity index (χ3v) is 4.20. The largest absolute Gasteiger partial charge is 0.376 e. The number of rotatable bonds is 6. The van der Waals surface area contributed by atoms with Crippen molar-refractivity contribution in [3.8, 4) is 0 Å². The predicted octanol–water partition coefficient (Wildman–Crippen LogP) is 1.80. The van der Waals surface area contributed by atoms with E-state index in [0.717, 1.165) is 12.2 Å². The lowest BCUT2D eigenvalue weighted by Crippen LogP contribution is -2.15. The van der Waals surface area contributed by atoms with E-state index in [-0.39, 0.29) is 10.8 Å². The molecule has 0 aromatic carbocycles. The van der Waals surface area contributed by atoms with Gasteiger partial charge in [0.2, 0.25) is 0 Å². The molecule has 7 nitrogen and oxygen atoms in total. The van der Waals surface area contributed by atoms with Gasteiger partial charge in [-0.3, -0.25) is 4.72 Å². The minimum absolute atomic E-state index is 0.00774. The highest BCUT2D eigenvalue weighted by Crippen LogP contribution is 2.16. The van der Waals surface area contributed by atoms with Crippen LogP contribution in [0.1, 0.15) is 13.8 Å². The predicted molar refractivity (Wildman–Crippen MR) is 86.4 cm³/mol. The SMILES string of the molecule is CC(C)Cn1cnc(S(=O)(=O)Nc2ccc(N(C)C)cn2)c1. The first-order valence-electron chi connectivity index (χ1n) is 6.96. The summed E-state index contributed by atoms with van der Waals surface area (Å²) in [6.07, 6.45) is 4.66. The summed E-state index contributed by atoms with van der Waals surface area (Å²) in [5, 5.41) is -0.00774. The summed E-state index contributed by atoms with van der Waals surface area (Å²) >= 11 is 0. The van der Waals surface area contributed by atoms with Gasteiger partial charge in [0.1, 0.15) is 5.82 Å². The molecule has 0 bridgehead atoms. The van der Waals surface area contributed by atoms with E-state index >= 15 is 0 Å². The van der Waals surface area contributed by atoms with Crippen molar-refractivity contribution in [3.63, 3.8) is 0 Å². The summed E-state index contributed by atoms with van der Waals surface area (Å²) in [5.74, 6) is 0.682. The van der Waals surface area contributed by atoms with Gasteiger partial charge in [-0.1, -0.05) is 13.8 Å². The maximum atomic E-state index is 12.3. The van der Waals surface area contributed by atoms with Gasteiger partial charge in [0.05, 0.1) is 18.2 Å². The number of sulfonamides is 1. The molecular formula is C14H21N5O2S. The lowest BCUT2D eigenvalue weighted by molar-refractivity contribution is 0.522. The van der Waals surface area contributed by atoms with Gasteiger partial charge in [-0.25, -0.2) is 9.97 Å². The molecule has 0 spiro atoms. The fraction of sp³-hybridized carbons (Fsp3) is 0.429. The van der Waals surface area contributed by atoms with Crippen molar-refractivity contribution in [1.82, 2.24) is 14.5 Å². The molecule has 0 radical (unpaired) electrons. The molecule has 22 heavy (non-hydrogen) atoms. The molecule has 0 atom stereocenters. The van der Waals surface area contributed by atoms with E-state index in [2.05, 4.69) is 28.5 Å². The van der Waals surface area contributed by atoms with Crippen LogP contribution in [0.4, 0.5) is 11.5 Å². The van der Waals surface area contributed by atoms with Crippen LogP contribution in [0, 0.1) is 5.92 Å². The van der Waals surface area contributed by atoms with Crippen LogP contribution in [-0.4, -0.2) is 37.0 Å². The molecule has 8 heteroatoms. The molecule has 2 aromatic heterocycles. The van der Waals surface area contributed by atoms with Crippen LogP contribution in [0.2, 0.25) is 0 Å². The summed E-state index contributed by atoms with van der Waals surface area (Å²) in [4.78, 5) is 9.95. The van der Waals surface area contributed by atoms with E-state index < -0.39 is 10.0 Å². The molecule has 2 aromatic rings. The molecule has 0 fully saturated rings. The fourth-order valence-corrected chi connectivity index (χ4v) is 2.86. The number of nitrogens with zero attached hydrogens (tertiary/aromatic N) is 4. The van der Waals surface area contributed by atoms with Crippen LogP contribution in [0.25, 0.3) is 0 Å². The molecule has 2 heterocycles. The molecule has 0 amide bonds. The second-order valence-corrected chi connectivity index (χ2v) is 7.33. The smallest absolute Gasteiger partial charge is 0.282 e. The van der Waals surface area contributed by atoms with E-state index in [1.165, 1.54) is 12.5 Å². The number of anilines is 2. The third-order valence-electron chi connectivity index (χ3n) is 2.96. The van der Waals surface area contributed by atoms with Crippen molar-refractivity contribution >= 4 is 21.5 Å². The highest BCUT2D eigenvalue weighted by atomic mass is 32.2. The van der Waals surface area contributed by atoms with Gasteiger partial charge in [0, 0.05) is 26.8 Å². The Morgan fingerprint density at radius 2 is 2.00 bits per heavy atom. The summed E-state index contributed by atoms with van der Waals surface area (Å²) in [5.41, 5.74) is 0.893. The Kier molecular flexibility index (Phi) is 4.70. The number of nitrogens with one attached hydrogen (secondary N) is 1. The van der Waals surface area contributed by atoms with Crippen LogP contribution in [0.15, 0.2) is 35.9 Å². The summed E-state index contributed by atoms with van der Waals surface area (Å²) in [7, 11) is 0.0627. The zero-order chi connectivity index (χ0) is 16.3. The monoisotopic (exact) mass is 323 g/mol. The van der Waals surface area contributed by atoms with E-state index in [9.17, 15) is 8.42 Å². The normalized spacial score (nSPS) is 11.7. The molecule has 0 saturated heterocycles. The summed E-state index contributed by atoms with van der Waals surface area (Å²) in [6, 6.07) is 3.42. The van der Waals surface area contributed by atoms with Crippen LogP contribution in [0.5, 0.6) is 0 Å². The van der Waals surface area contributed by atoms with Crippen molar-refractivity contribution in [2.45, 2.75) is 25.4 Å². The number of hydrogen-bond donors (Lipinski definition) is 1. The van der Waals surface area contributed by atoms with Crippen LogP contribution < -0.4 is 9.62 Å².